The van der Waals surface area contributed by atoms with Crippen LogP contribution in [-0.2, 0) is 6.42 Å². The summed E-state index contributed by atoms with van der Waals surface area (Å²) in [5.74, 6) is 0. The van der Waals surface area contributed by atoms with Crippen LogP contribution in [0.2, 0.25) is 0 Å². The highest BCUT2D eigenvalue weighted by Gasteiger charge is 1.96. The Balaban J connectivity index is 1.81. The van der Waals surface area contributed by atoms with E-state index < -0.39 is 0 Å². The van der Waals surface area contributed by atoms with Crippen molar-refractivity contribution in [1.82, 2.24) is 9.59 Å². The molecule has 0 unspecified atom stereocenters. The topological polar surface area (TPSA) is 25.8 Å². The maximum atomic E-state index is 4.04. The van der Waals surface area contributed by atoms with Crippen molar-refractivity contribution in [3.8, 4) is 0 Å². The van der Waals surface area contributed by atoms with Crippen LogP contribution in [0.15, 0.2) is 5.38 Å². The highest BCUT2D eigenvalue weighted by Crippen LogP contribution is 2.10. The fourth-order valence-electron chi connectivity index (χ4n) is 1.73. The Labute approximate surface area is 97.3 Å². The maximum absolute atomic E-state index is 4.04. The van der Waals surface area contributed by atoms with Gasteiger partial charge in [0.05, 0.1) is 5.69 Å². The lowest BCUT2D eigenvalue weighted by molar-refractivity contribution is 0.574. The Hall–Kier alpha value is -0.440. The van der Waals surface area contributed by atoms with Crippen LogP contribution in [0.1, 0.15) is 64.0 Å². The molecule has 0 aliphatic carbocycles. The molecule has 3 heteroatoms. The van der Waals surface area contributed by atoms with Gasteiger partial charge in [-0.2, -0.15) is 0 Å². The van der Waals surface area contributed by atoms with Crippen molar-refractivity contribution in [3.05, 3.63) is 11.1 Å². The van der Waals surface area contributed by atoms with E-state index in [0.717, 1.165) is 6.42 Å². The molecule has 0 saturated carbocycles. The van der Waals surface area contributed by atoms with E-state index in [9.17, 15) is 0 Å². The molecule has 1 aromatic rings. The molecular weight excluding hydrogens is 204 g/mol. The van der Waals surface area contributed by atoms with Gasteiger partial charge in [0, 0.05) is 5.38 Å². The summed E-state index contributed by atoms with van der Waals surface area (Å²) < 4.78 is 3.86. The molecule has 15 heavy (non-hydrogen) atoms. The molecule has 0 aromatic carbocycles. The van der Waals surface area contributed by atoms with Crippen molar-refractivity contribution >= 4 is 11.5 Å². The maximum Gasteiger partial charge on any atom is 0.0755 e. The summed E-state index contributed by atoms with van der Waals surface area (Å²) in [5.41, 5.74) is 1.17. The molecule has 0 radical (unpaired) electrons. The molecule has 0 saturated heterocycles. The Morgan fingerprint density at radius 2 is 1.67 bits per heavy atom. The number of nitrogens with zero attached hydrogens (tertiary/aromatic N) is 2. The number of hydrogen-bond donors (Lipinski definition) is 0. The first kappa shape index (κ1) is 12.6. The van der Waals surface area contributed by atoms with Crippen molar-refractivity contribution in [2.75, 3.05) is 0 Å². The Kier molecular flexibility index (Phi) is 7.44. The lowest BCUT2D eigenvalue weighted by Crippen LogP contribution is -1.86. The third-order valence-electron chi connectivity index (χ3n) is 2.69. The smallest absolute Gasteiger partial charge is 0.0755 e. The minimum absolute atomic E-state index is 1.12. The first-order chi connectivity index (χ1) is 7.43. The summed E-state index contributed by atoms with van der Waals surface area (Å²) in [5, 5.41) is 6.10. The Bertz CT molecular complexity index is 222. The van der Waals surface area contributed by atoms with Crippen LogP contribution in [0.25, 0.3) is 0 Å². The van der Waals surface area contributed by atoms with Crippen LogP contribution in [0.4, 0.5) is 0 Å². The minimum Gasteiger partial charge on any atom is -0.143 e. The molecule has 1 rings (SSSR count). The molecule has 1 aromatic heterocycles. The normalized spacial score (nSPS) is 10.7. The first-order valence-electron chi connectivity index (χ1n) is 6.19. The second-order valence-electron chi connectivity index (χ2n) is 4.12. The fourth-order valence-corrected chi connectivity index (χ4v) is 2.22. The van der Waals surface area contributed by atoms with Gasteiger partial charge < -0.3 is 0 Å². The molecule has 0 bridgehead atoms. The molecule has 0 aliphatic rings. The average Bonchev–Trinajstić information content (AvgIpc) is 2.75. The van der Waals surface area contributed by atoms with Gasteiger partial charge in [0.15, 0.2) is 0 Å². The van der Waals surface area contributed by atoms with Crippen molar-refractivity contribution < 1.29 is 0 Å². The number of rotatable bonds is 9. The number of unbranched alkanes of at least 4 members (excludes halogenated alkanes) is 7. The van der Waals surface area contributed by atoms with Crippen LogP contribution in [0.3, 0.4) is 0 Å². The number of aromatic nitrogens is 2. The Morgan fingerprint density at radius 3 is 2.27 bits per heavy atom. The highest BCUT2D eigenvalue weighted by molar-refractivity contribution is 7.03. The van der Waals surface area contributed by atoms with Gasteiger partial charge in [-0.25, -0.2) is 0 Å². The summed E-state index contributed by atoms with van der Waals surface area (Å²) in [6, 6.07) is 0. The minimum atomic E-state index is 1.12. The average molecular weight is 226 g/mol. The summed E-state index contributed by atoms with van der Waals surface area (Å²) in [6.07, 6.45) is 12.1. The van der Waals surface area contributed by atoms with E-state index in [1.807, 2.05) is 0 Å². The number of hydrogen-bond acceptors (Lipinski definition) is 3. The van der Waals surface area contributed by atoms with E-state index in [1.165, 1.54) is 68.6 Å². The molecule has 86 valence electrons. The summed E-state index contributed by atoms with van der Waals surface area (Å²) >= 11 is 1.46. The number of aryl methyl sites for hydroxylation is 1. The van der Waals surface area contributed by atoms with E-state index in [0.29, 0.717) is 0 Å². The van der Waals surface area contributed by atoms with Gasteiger partial charge in [-0.05, 0) is 24.4 Å². The first-order valence-corrected chi connectivity index (χ1v) is 7.03. The van der Waals surface area contributed by atoms with Gasteiger partial charge in [-0.1, -0.05) is 56.4 Å². The molecule has 0 fully saturated rings. The van der Waals surface area contributed by atoms with Crippen molar-refractivity contribution in [3.63, 3.8) is 0 Å². The predicted molar refractivity (Wildman–Crippen MR) is 66.2 cm³/mol. The standard InChI is InChI=1S/C12H22N2S/c1-2-3-4-5-6-7-8-9-10-12-11-15-14-13-12/h11H,2-10H2,1H3. The van der Waals surface area contributed by atoms with Gasteiger partial charge in [0.2, 0.25) is 0 Å². The molecule has 2 nitrogen and oxygen atoms in total. The molecule has 0 spiro atoms. The quantitative estimate of drug-likeness (QED) is 0.589. The summed E-state index contributed by atoms with van der Waals surface area (Å²) in [4.78, 5) is 0. The fraction of sp³-hybridized carbons (Fsp3) is 0.833. The summed E-state index contributed by atoms with van der Waals surface area (Å²) in [6.45, 7) is 2.27. The zero-order valence-electron chi connectivity index (χ0n) is 9.74. The monoisotopic (exact) mass is 226 g/mol. The van der Waals surface area contributed by atoms with Crippen molar-refractivity contribution in [2.45, 2.75) is 64.7 Å². The van der Waals surface area contributed by atoms with Crippen LogP contribution < -0.4 is 0 Å². The van der Waals surface area contributed by atoms with Crippen LogP contribution in [-0.4, -0.2) is 9.59 Å². The lowest BCUT2D eigenvalue weighted by atomic mass is 10.1. The lowest BCUT2D eigenvalue weighted by Gasteiger charge is -2.00. The van der Waals surface area contributed by atoms with Crippen molar-refractivity contribution in [1.29, 1.82) is 0 Å². The van der Waals surface area contributed by atoms with E-state index in [2.05, 4.69) is 21.9 Å². The van der Waals surface area contributed by atoms with Crippen molar-refractivity contribution in [2.24, 2.45) is 0 Å². The van der Waals surface area contributed by atoms with Gasteiger partial charge in [0.25, 0.3) is 0 Å². The van der Waals surface area contributed by atoms with E-state index in [4.69, 9.17) is 0 Å². The molecule has 0 atom stereocenters. The van der Waals surface area contributed by atoms with Crippen LogP contribution in [0.5, 0.6) is 0 Å². The zero-order valence-corrected chi connectivity index (χ0v) is 10.6. The van der Waals surface area contributed by atoms with Gasteiger partial charge in [-0.3, -0.25) is 0 Å². The van der Waals surface area contributed by atoms with Crippen LogP contribution in [0, 0.1) is 0 Å². The van der Waals surface area contributed by atoms with Gasteiger partial charge >= 0.3 is 0 Å². The highest BCUT2D eigenvalue weighted by atomic mass is 32.1. The zero-order chi connectivity index (χ0) is 10.8. The summed E-state index contributed by atoms with van der Waals surface area (Å²) in [7, 11) is 0. The molecule has 1 heterocycles. The van der Waals surface area contributed by atoms with E-state index in [1.54, 1.807) is 0 Å². The third-order valence-corrected chi connectivity index (χ3v) is 3.25. The Morgan fingerprint density at radius 1 is 1.00 bits per heavy atom. The molecule has 0 aliphatic heterocycles. The van der Waals surface area contributed by atoms with Crippen LogP contribution >= 0.6 is 11.5 Å². The largest absolute Gasteiger partial charge is 0.143 e. The second kappa shape index (κ2) is 8.84. The van der Waals surface area contributed by atoms with Gasteiger partial charge in [-0.15, -0.1) is 5.10 Å². The van der Waals surface area contributed by atoms with Gasteiger partial charge in [0.1, 0.15) is 0 Å². The van der Waals surface area contributed by atoms with E-state index in [-0.39, 0.29) is 0 Å². The third kappa shape index (κ3) is 6.61. The molecule has 0 amide bonds. The second-order valence-corrected chi connectivity index (χ2v) is 4.73. The SMILES string of the molecule is CCCCCCCCCCc1csnn1. The molecule has 0 N–H and O–H groups in total. The van der Waals surface area contributed by atoms with E-state index >= 15 is 0 Å². The predicted octanol–water partition coefficient (Wildman–Crippen LogP) is 4.22. The molecular formula is C12H22N2S.